The van der Waals surface area contributed by atoms with E-state index in [1.54, 1.807) is 4.90 Å². The van der Waals surface area contributed by atoms with Crippen molar-refractivity contribution >= 4 is 23.1 Å². The van der Waals surface area contributed by atoms with Crippen molar-refractivity contribution in [3.05, 3.63) is 0 Å². The van der Waals surface area contributed by atoms with Gasteiger partial charge >= 0.3 is 0 Å². The number of likely N-dealkylation sites (N-methyl/N-ethyl adjacent to an activating group) is 1. The van der Waals surface area contributed by atoms with Crippen LogP contribution < -0.4 is 5.73 Å². The molecule has 0 spiro atoms. The van der Waals surface area contributed by atoms with E-state index in [0.29, 0.717) is 24.5 Å². The SMILES string of the molecule is CCN(CCC(N)=S)C(=O)COC(C)C. The van der Waals surface area contributed by atoms with Crippen LogP contribution in [0.15, 0.2) is 0 Å². The van der Waals surface area contributed by atoms with Gasteiger partial charge in [-0.25, -0.2) is 0 Å². The fourth-order valence-corrected chi connectivity index (χ4v) is 1.12. The Balaban J connectivity index is 3.93. The molecule has 0 aromatic rings. The lowest BCUT2D eigenvalue weighted by atomic mass is 10.3. The van der Waals surface area contributed by atoms with Crippen LogP contribution in [-0.4, -0.2) is 41.6 Å². The van der Waals surface area contributed by atoms with Crippen LogP contribution in [-0.2, 0) is 9.53 Å². The van der Waals surface area contributed by atoms with Gasteiger partial charge in [0.15, 0.2) is 0 Å². The van der Waals surface area contributed by atoms with Crippen LogP contribution in [0.4, 0.5) is 0 Å². The van der Waals surface area contributed by atoms with Gasteiger partial charge in [0.1, 0.15) is 6.61 Å². The van der Waals surface area contributed by atoms with Gasteiger partial charge in [-0.15, -0.1) is 0 Å². The average molecular weight is 232 g/mol. The van der Waals surface area contributed by atoms with Crippen molar-refractivity contribution in [1.82, 2.24) is 4.90 Å². The van der Waals surface area contributed by atoms with E-state index in [-0.39, 0.29) is 18.6 Å². The third-order valence-corrected chi connectivity index (χ3v) is 2.11. The van der Waals surface area contributed by atoms with Crippen molar-refractivity contribution in [2.24, 2.45) is 5.73 Å². The van der Waals surface area contributed by atoms with Gasteiger partial charge in [-0.3, -0.25) is 4.79 Å². The topological polar surface area (TPSA) is 55.6 Å². The Bertz CT molecular complexity index is 219. The molecule has 0 radical (unpaired) electrons. The Morgan fingerprint density at radius 2 is 2.13 bits per heavy atom. The molecule has 88 valence electrons. The molecule has 0 heterocycles. The Morgan fingerprint density at radius 3 is 2.53 bits per heavy atom. The molecule has 0 saturated carbocycles. The maximum Gasteiger partial charge on any atom is 0.248 e. The van der Waals surface area contributed by atoms with Gasteiger partial charge in [-0.05, 0) is 20.8 Å². The Hall–Kier alpha value is -0.680. The van der Waals surface area contributed by atoms with Crippen LogP contribution in [0, 0.1) is 0 Å². The summed E-state index contributed by atoms with van der Waals surface area (Å²) in [6, 6.07) is 0. The van der Waals surface area contributed by atoms with Gasteiger partial charge in [0.2, 0.25) is 5.91 Å². The molecular formula is C10H20N2O2S. The van der Waals surface area contributed by atoms with Crippen molar-refractivity contribution in [2.45, 2.75) is 33.3 Å². The number of carbonyl (C=O) groups excluding carboxylic acids is 1. The first-order valence-corrected chi connectivity index (χ1v) is 5.55. The smallest absolute Gasteiger partial charge is 0.248 e. The molecule has 0 bridgehead atoms. The summed E-state index contributed by atoms with van der Waals surface area (Å²) >= 11 is 4.76. The second kappa shape index (κ2) is 7.59. The van der Waals surface area contributed by atoms with E-state index in [0.717, 1.165) is 0 Å². The van der Waals surface area contributed by atoms with Crippen LogP contribution >= 0.6 is 12.2 Å². The number of amides is 1. The summed E-state index contributed by atoms with van der Waals surface area (Å²) in [5.74, 6) is -0.0116. The van der Waals surface area contributed by atoms with Crippen molar-refractivity contribution in [3.63, 3.8) is 0 Å². The Kier molecular flexibility index (Phi) is 7.25. The van der Waals surface area contributed by atoms with Crippen molar-refractivity contribution in [1.29, 1.82) is 0 Å². The van der Waals surface area contributed by atoms with Crippen LogP contribution in [0.3, 0.4) is 0 Å². The summed E-state index contributed by atoms with van der Waals surface area (Å²) in [6.45, 7) is 7.09. The molecule has 15 heavy (non-hydrogen) atoms. The molecule has 0 aromatic carbocycles. The first-order valence-electron chi connectivity index (χ1n) is 5.15. The van der Waals surface area contributed by atoms with Crippen LogP contribution in [0.5, 0.6) is 0 Å². The number of carbonyl (C=O) groups is 1. The summed E-state index contributed by atoms with van der Waals surface area (Å²) in [5.41, 5.74) is 5.38. The van der Waals surface area contributed by atoms with E-state index in [9.17, 15) is 4.79 Å². The van der Waals surface area contributed by atoms with Gasteiger partial charge in [-0.1, -0.05) is 12.2 Å². The minimum absolute atomic E-state index is 0.0116. The summed E-state index contributed by atoms with van der Waals surface area (Å²) in [5, 5.41) is 0. The molecule has 0 aliphatic rings. The first kappa shape index (κ1) is 14.3. The van der Waals surface area contributed by atoms with Gasteiger partial charge in [0, 0.05) is 19.5 Å². The van der Waals surface area contributed by atoms with Crippen molar-refractivity contribution in [3.8, 4) is 0 Å². The summed E-state index contributed by atoms with van der Waals surface area (Å²) in [7, 11) is 0. The molecule has 0 aliphatic heterocycles. The number of thiocarbonyl (C=S) groups is 1. The highest BCUT2D eigenvalue weighted by molar-refractivity contribution is 7.80. The zero-order chi connectivity index (χ0) is 11.8. The molecular weight excluding hydrogens is 212 g/mol. The van der Waals surface area contributed by atoms with Gasteiger partial charge in [0.25, 0.3) is 0 Å². The highest BCUT2D eigenvalue weighted by Crippen LogP contribution is 1.96. The minimum atomic E-state index is -0.0116. The maximum atomic E-state index is 11.6. The largest absolute Gasteiger partial charge is 0.393 e. The normalized spacial score (nSPS) is 10.4. The van der Waals surface area contributed by atoms with Crippen molar-refractivity contribution in [2.75, 3.05) is 19.7 Å². The summed E-state index contributed by atoms with van der Waals surface area (Å²) in [4.78, 5) is 13.7. The third kappa shape index (κ3) is 7.27. The molecule has 5 heteroatoms. The van der Waals surface area contributed by atoms with Crippen molar-refractivity contribution < 1.29 is 9.53 Å². The van der Waals surface area contributed by atoms with E-state index < -0.39 is 0 Å². The zero-order valence-corrected chi connectivity index (χ0v) is 10.5. The number of rotatable bonds is 7. The molecule has 4 nitrogen and oxygen atoms in total. The first-order chi connectivity index (χ1) is 6.97. The third-order valence-electron chi connectivity index (χ3n) is 1.90. The fourth-order valence-electron chi connectivity index (χ4n) is 1.03. The fraction of sp³-hybridized carbons (Fsp3) is 0.800. The maximum absolute atomic E-state index is 11.6. The highest BCUT2D eigenvalue weighted by Gasteiger charge is 2.12. The van der Waals surface area contributed by atoms with Gasteiger partial charge in [-0.2, -0.15) is 0 Å². The number of ether oxygens (including phenoxy) is 1. The molecule has 0 unspecified atom stereocenters. The zero-order valence-electron chi connectivity index (χ0n) is 9.66. The number of hydrogen-bond acceptors (Lipinski definition) is 3. The molecule has 0 fully saturated rings. The average Bonchev–Trinajstić information content (AvgIpc) is 2.15. The lowest BCUT2D eigenvalue weighted by Gasteiger charge is -2.21. The molecule has 0 aliphatic carbocycles. The van der Waals surface area contributed by atoms with Crippen LogP contribution in [0.25, 0.3) is 0 Å². The van der Waals surface area contributed by atoms with Gasteiger partial charge in [0.05, 0.1) is 11.1 Å². The molecule has 1 amide bonds. The van der Waals surface area contributed by atoms with Crippen LogP contribution in [0.1, 0.15) is 27.2 Å². The lowest BCUT2D eigenvalue weighted by molar-refractivity contribution is -0.137. The Morgan fingerprint density at radius 1 is 1.53 bits per heavy atom. The number of hydrogen-bond donors (Lipinski definition) is 1. The van der Waals surface area contributed by atoms with E-state index >= 15 is 0 Å². The van der Waals surface area contributed by atoms with Gasteiger partial charge < -0.3 is 15.4 Å². The predicted molar refractivity (Wildman–Crippen MR) is 64.7 cm³/mol. The second-order valence-electron chi connectivity index (χ2n) is 3.55. The summed E-state index contributed by atoms with van der Waals surface area (Å²) < 4.78 is 5.24. The van der Waals surface area contributed by atoms with E-state index in [1.807, 2.05) is 20.8 Å². The molecule has 0 atom stereocenters. The monoisotopic (exact) mass is 232 g/mol. The minimum Gasteiger partial charge on any atom is -0.393 e. The lowest BCUT2D eigenvalue weighted by Crippen LogP contribution is -2.36. The molecule has 0 aromatic heterocycles. The second-order valence-corrected chi connectivity index (χ2v) is 4.07. The standard InChI is InChI=1S/C10H20N2O2S/c1-4-12(6-5-9(11)15)10(13)7-14-8(2)3/h8H,4-7H2,1-3H3,(H2,11,15). The van der Waals surface area contributed by atoms with Crippen LogP contribution in [0.2, 0.25) is 0 Å². The Labute approximate surface area is 96.8 Å². The molecule has 0 saturated heterocycles. The quantitative estimate of drug-likeness (QED) is 0.664. The molecule has 2 N–H and O–H groups in total. The van der Waals surface area contributed by atoms with E-state index in [4.69, 9.17) is 22.7 Å². The highest BCUT2D eigenvalue weighted by atomic mass is 32.1. The van der Waals surface area contributed by atoms with E-state index in [1.165, 1.54) is 0 Å². The number of nitrogens with zero attached hydrogens (tertiary/aromatic N) is 1. The molecule has 0 rings (SSSR count). The predicted octanol–water partition coefficient (Wildman–Crippen LogP) is 0.936. The van der Waals surface area contributed by atoms with E-state index in [2.05, 4.69) is 0 Å². The summed E-state index contributed by atoms with van der Waals surface area (Å²) in [6.07, 6.45) is 0.639. The number of nitrogens with two attached hydrogens (primary N) is 1.